The summed E-state index contributed by atoms with van der Waals surface area (Å²) in [5, 5.41) is 3.42. The second kappa shape index (κ2) is 6.95. The molecule has 10 heteroatoms. The van der Waals surface area contributed by atoms with Gasteiger partial charge in [0, 0.05) is 5.56 Å². The van der Waals surface area contributed by atoms with Crippen molar-refractivity contribution in [3.63, 3.8) is 0 Å². The van der Waals surface area contributed by atoms with Gasteiger partial charge in [-0.25, -0.2) is 0 Å². The summed E-state index contributed by atoms with van der Waals surface area (Å²) in [6.45, 7) is 0. The van der Waals surface area contributed by atoms with Crippen molar-refractivity contribution in [2.24, 2.45) is 0 Å². The summed E-state index contributed by atoms with van der Waals surface area (Å²) in [5.41, 5.74) is -1.20. The van der Waals surface area contributed by atoms with Crippen LogP contribution < -0.4 is 9.57 Å². The van der Waals surface area contributed by atoms with Crippen LogP contribution in [-0.4, -0.2) is 25.4 Å². The van der Waals surface area contributed by atoms with Gasteiger partial charge in [-0.2, -0.15) is 31.2 Å². The molecule has 27 heavy (non-hydrogen) atoms. The molecule has 6 nitrogen and oxygen atoms in total. The molecule has 0 saturated carbocycles. The van der Waals surface area contributed by atoms with E-state index < -0.39 is 27.6 Å². The van der Waals surface area contributed by atoms with Crippen molar-refractivity contribution in [3.8, 4) is 17.0 Å². The Morgan fingerprint density at radius 2 is 1.56 bits per heavy atom. The summed E-state index contributed by atoms with van der Waals surface area (Å²) < 4.78 is 70.1. The predicted octanol–water partition coefficient (Wildman–Crippen LogP) is 3.51. The highest BCUT2D eigenvalue weighted by Gasteiger charge is 2.41. The van der Waals surface area contributed by atoms with E-state index in [0.717, 1.165) is 7.11 Å². The molecule has 1 N–H and O–H groups in total. The average Bonchev–Trinajstić information content (AvgIpc) is 3.01. The van der Waals surface area contributed by atoms with E-state index in [9.17, 15) is 21.6 Å². The van der Waals surface area contributed by atoms with Crippen LogP contribution in [0.2, 0.25) is 0 Å². The van der Waals surface area contributed by atoms with Crippen molar-refractivity contribution in [3.05, 3.63) is 66.4 Å². The molecule has 0 fully saturated rings. The molecule has 0 atom stereocenters. The van der Waals surface area contributed by atoms with Gasteiger partial charge in [-0.3, -0.25) is 0 Å². The van der Waals surface area contributed by atoms with Gasteiger partial charge in [-0.1, -0.05) is 48.5 Å². The highest BCUT2D eigenvalue weighted by atomic mass is 32.2. The van der Waals surface area contributed by atoms with Crippen LogP contribution in [0.5, 0.6) is 5.75 Å². The van der Waals surface area contributed by atoms with Crippen LogP contribution in [0.4, 0.5) is 13.2 Å². The first-order valence-electron chi connectivity index (χ1n) is 7.61. The van der Waals surface area contributed by atoms with Gasteiger partial charge in [-0.05, 0) is 12.1 Å². The van der Waals surface area contributed by atoms with Crippen molar-refractivity contribution < 1.29 is 26.3 Å². The fraction of sp³-hybridized carbons (Fsp3) is 0.118. The quantitative estimate of drug-likeness (QED) is 0.715. The fourth-order valence-electron chi connectivity index (χ4n) is 2.46. The summed E-state index contributed by atoms with van der Waals surface area (Å²) in [6.07, 6.45) is -4.84. The van der Waals surface area contributed by atoms with Crippen LogP contribution in [0.3, 0.4) is 0 Å². The molecule has 0 aliphatic carbocycles. The van der Waals surface area contributed by atoms with Crippen LogP contribution in [0, 0.1) is 0 Å². The maximum Gasteiger partial charge on any atom is 0.438 e. The highest BCUT2D eigenvalue weighted by molar-refractivity contribution is 7.92. The number of sulfonamides is 1. The van der Waals surface area contributed by atoms with Crippen LogP contribution in [0.15, 0.2) is 65.6 Å². The lowest BCUT2D eigenvalue weighted by Crippen LogP contribution is -2.25. The zero-order valence-corrected chi connectivity index (χ0v) is 14.8. The van der Waals surface area contributed by atoms with Gasteiger partial charge in [0.2, 0.25) is 5.69 Å². The maximum atomic E-state index is 13.4. The molecule has 0 bridgehead atoms. The van der Waals surface area contributed by atoms with Crippen LogP contribution in [-0.2, 0) is 16.2 Å². The van der Waals surface area contributed by atoms with E-state index in [1.165, 1.54) is 36.4 Å². The first-order chi connectivity index (χ1) is 12.7. The Kier molecular flexibility index (Phi) is 4.83. The van der Waals surface area contributed by atoms with Crippen molar-refractivity contribution in [1.82, 2.24) is 9.89 Å². The van der Waals surface area contributed by atoms with Crippen molar-refractivity contribution in [1.29, 1.82) is 0 Å². The van der Waals surface area contributed by atoms with Crippen molar-refractivity contribution in [2.45, 2.75) is 11.1 Å². The number of alkyl halides is 3. The molecule has 0 aliphatic rings. The number of hydrogen-bond acceptors (Lipinski definition) is 4. The third-order valence-electron chi connectivity index (χ3n) is 3.62. The second-order valence-corrected chi connectivity index (χ2v) is 7.07. The Morgan fingerprint density at radius 1 is 1.00 bits per heavy atom. The SMILES string of the molecule is COc1c(C(F)(F)F)nn(NS(=O)(=O)c2ccccc2)c1-c1ccccc1. The van der Waals surface area contributed by atoms with Gasteiger partial charge < -0.3 is 4.74 Å². The third kappa shape index (κ3) is 3.75. The molecule has 0 spiro atoms. The van der Waals surface area contributed by atoms with E-state index in [1.54, 1.807) is 24.3 Å². The molecular formula is C17H14F3N3O3S. The number of ether oxygens (including phenoxy) is 1. The third-order valence-corrected chi connectivity index (χ3v) is 4.93. The van der Waals surface area contributed by atoms with E-state index in [0.29, 0.717) is 10.4 Å². The number of benzene rings is 2. The predicted molar refractivity (Wildman–Crippen MR) is 92.2 cm³/mol. The Hall–Kier alpha value is -3.01. The standard InChI is InChI=1S/C17H14F3N3O3S/c1-26-15-14(12-8-4-2-5-9-12)23(21-16(15)17(18,19)20)22-27(24,25)13-10-6-3-7-11-13/h2-11,22H,1H3. The lowest BCUT2D eigenvalue weighted by molar-refractivity contribution is -0.142. The van der Waals surface area contributed by atoms with Crippen molar-refractivity contribution >= 4 is 10.0 Å². The van der Waals surface area contributed by atoms with Gasteiger partial charge in [0.05, 0.1) is 12.0 Å². The van der Waals surface area contributed by atoms with E-state index >= 15 is 0 Å². The molecule has 3 aromatic rings. The summed E-state index contributed by atoms with van der Waals surface area (Å²) in [4.78, 5) is 2.52. The van der Waals surface area contributed by atoms with Crippen LogP contribution in [0.25, 0.3) is 11.3 Å². The molecule has 1 heterocycles. The Bertz CT molecular complexity index is 1030. The van der Waals surface area contributed by atoms with E-state index in [4.69, 9.17) is 4.74 Å². The maximum absolute atomic E-state index is 13.4. The summed E-state index contributed by atoms with van der Waals surface area (Å²) in [6, 6.07) is 15.2. The largest absolute Gasteiger partial charge is 0.492 e. The molecule has 0 amide bonds. The number of rotatable bonds is 5. The fourth-order valence-corrected chi connectivity index (χ4v) is 3.44. The molecule has 0 saturated heterocycles. The van der Waals surface area contributed by atoms with E-state index in [1.807, 2.05) is 0 Å². The minimum absolute atomic E-state index is 0.118. The number of methoxy groups -OCH3 is 1. The van der Waals surface area contributed by atoms with Gasteiger partial charge in [0.1, 0.15) is 5.69 Å². The smallest absolute Gasteiger partial charge is 0.438 e. The molecule has 3 rings (SSSR count). The van der Waals surface area contributed by atoms with Crippen LogP contribution in [0.1, 0.15) is 5.69 Å². The zero-order chi connectivity index (χ0) is 19.7. The topological polar surface area (TPSA) is 73.2 Å². The molecular weight excluding hydrogens is 383 g/mol. The number of aromatic nitrogens is 2. The lowest BCUT2D eigenvalue weighted by Gasteiger charge is -2.12. The zero-order valence-electron chi connectivity index (χ0n) is 13.9. The highest BCUT2D eigenvalue weighted by Crippen LogP contribution is 2.41. The Balaban J connectivity index is 2.19. The molecule has 0 unspecified atom stereocenters. The normalized spacial score (nSPS) is 12.0. The van der Waals surface area contributed by atoms with E-state index in [-0.39, 0.29) is 10.6 Å². The first-order valence-corrected chi connectivity index (χ1v) is 9.10. The Labute approximate surface area is 153 Å². The number of nitrogens with zero attached hydrogens (tertiary/aromatic N) is 2. The molecule has 0 aliphatic heterocycles. The van der Waals surface area contributed by atoms with Crippen LogP contribution >= 0.6 is 0 Å². The van der Waals surface area contributed by atoms with E-state index in [2.05, 4.69) is 9.93 Å². The number of hydrogen-bond donors (Lipinski definition) is 1. The van der Waals surface area contributed by atoms with Crippen molar-refractivity contribution in [2.75, 3.05) is 11.9 Å². The average molecular weight is 397 g/mol. The molecule has 1 aromatic heterocycles. The number of nitrogens with one attached hydrogen (secondary N) is 1. The minimum atomic E-state index is -4.84. The lowest BCUT2D eigenvalue weighted by atomic mass is 10.1. The Morgan fingerprint density at radius 3 is 2.07 bits per heavy atom. The molecule has 142 valence electrons. The molecule has 0 radical (unpaired) electrons. The van der Waals surface area contributed by atoms with Gasteiger partial charge in [0.25, 0.3) is 10.0 Å². The summed E-state index contributed by atoms with van der Waals surface area (Å²) in [5.74, 6) is -0.579. The summed E-state index contributed by atoms with van der Waals surface area (Å²) >= 11 is 0. The summed E-state index contributed by atoms with van der Waals surface area (Å²) in [7, 11) is -3.11. The van der Waals surface area contributed by atoms with Gasteiger partial charge >= 0.3 is 6.18 Å². The van der Waals surface area contributed by atoms with Gasteiger partial charge in [-0.15, -0.1) is 5.10 Å². The number of halogens is 3. The van der Waals surface area contributed by atoms with Gasteiger partial charge in [0.15, 0.2) is 5.75 Å². The first kappa shape index (κ1) is 18.8. The minimum Gasteiger partial charge on any atom is -0.492 e. The second-order valence-electron chi connectivity index (χ2n) is 5.41. The monoisotopic (exact) mass is 397 g/mol. The molecule has 2 aromatic carbocycles.